The quantitative estimate of drug-likeness (QED) is 0.778. The van der Waals surface area contributed by atoms with E-state index in [-0.39, 0.29) is 5.91 Å². The summed E-state index contributed by atoms with van der Waals surface area (Å²) in [5.41, 5.74) is 1.99. The number of carbonyl (C=O) groups is 1. The molecule has 0 spiro atoms. The van der Waals surface area contributed by atoms with Gasteiger partial charge < -0.3 is 9.64 Å². The number of nitrogens with zero attached hydrogens (tertiary/aromatic N) is 1. The average molecular weight is 263 g/mol. The van der Waals surface area contributed by atoms with Crippen molar-refractivity contribution in [2.45, 2.75) is 12.8 Å². The van der Waals surface area contributed by atoms with E-state index in [2.05, 4.69) is 0 Å². The van der Waals surface area contributed by atoms with Gasteiger partial charge in [-0.1, -0.05) is 0 Å². The summed E-state index contributed by atoms with van der Waals surface area (Å²) >= 11 is 1.92. The van der Waals surface area contributed by atoms with Crippen LogP contribution in [0, 0.1) is 0 Å². The predicted molar refractivity (Wildman–Crippen MR) is 73.5 cm³/mol. The molecule has 1 amide bonds. The van der Waals surface area contributed by atoms with E-state index in [1.165, 1.54) is 5.56 Å². The van der Waals surface area contributed by atoms with Crippen LogP contribution in [0.25, 0.3) is 0 Å². The SMILES string of the molecule is O=C(c1ccc2c(c1)CCCO2)N1CCSCC1. The van der Waals surface area contributed by atoms with E-state index < -0.39 is 0 Å². The molecule has 0 atom stereocenters. The van der Waals surface area contributed by atoms with Crippen molar-refractivity contribution in [1.82, 2.24) is 4.90 Å². The van der Waals surface area contributed by atoms with Gasteiger partial charge in [-0.25, -0.2) is 0 Å². The van der Waals surface area contributed by atoms with Gasteiger partial charge in [-0.15, -0.1) is 0 Å². The molecule has 1 saturated heterocycles. The van der Waals surface area contributed by atoms with Crippen molar-refractivity contribution < 1.29 is 9.53 Å². The highest BCUT2D eigenvalue weighted by molar-refractivity contribution is 7.99. The largest absolute Gasteiger partial charge is 0.493 e. The molecule has 18 heavy (non-hydrogen) atoms. The van der Waals surface area contributed by atoms with Gasteiger partial charge in [0.15, 0.2) is 0 Å². The second-order valence-corrected chi connectivity index (χ2v) is 5.90. The minimum Gasteiger partial charge on any atom is -0.493 e. The highest BCUT2D eigenvalue weighted by atomic mass is 32.2. The molecule has 0 N–H and O–H groups in total. The van der Waals surface area contributed by atoms with E-state index in [0.29, 0.717) is 0 Å². The maximum Gasteiger partial charge on any atom is 0.253 e. The van der Waals surface area contributed by atoms with Crippen molar-refractivity contribution in [3.05, 3.63) is 29.3 Å². The van der Waals surface area contributed by atoms with Crippen LogP contribution in [0.5, 0.6) is 5.75 Å². The number of ether oxygens (including phenoxy) is 1. The number of aryl methyl sites for hydroxylation is 1. The lowest BCUT2D eigenvalue weighted by Crippen LogP contribution is -2.37. The second kappa shape index (κ2) is 5.22. The maximum absolute atomic E-state index is 12.4. The number of amides is 1. The van der Waals surface area contributed by atoms with Crippen LogP contribution < -0.4 is 4.74 Å². The molecule has 1 aromatic rings. The van der Waals surface area contributed by atoms with Crippen LogP contribution in [0.3, 0.4) is 0 Å². The number of carbonyl (C=O) groups excluding carboxylic acids is 1. The van der Waals surface area contributed by atoms with Crippen LogP contribution in [0.4, 0.5) is 0 Å². The van der Waals surface area contributed by atoms with Crippen LogP contribution in [-0.4, -0.2) is 42.0 Å². The number of thioether (sulfide) groups is 1. The zero-order valence-electron chi connectivity index (χ0n) is 10.4. The van der Waals surface area contributed by atoms with Crippen molar-refractivity contribution >= 4 is 17.7 Å². The maximum atomic E-state index is 12.4. The van der Waals surface area contributed by atoms with Crippen molar-refractivity contribution in [3.63, 3.8) is 0 Å². The van der Waals surface area contributed by atoms with Crippen LogP contribution in [0.2, 0.25) is 0 Å². The first-order valence-electron chi connectivity index (χ1n) is 6.47. The van der Waals surface area contributed by atoms with Crippen molar-refractivity contribution in [1.29, 1.82) is 0 Å². The number of hydrogen-bond acceptors (Lipinski definition) is 3. The third-order valence-corrected chi connectivity index (χ3v) is 4.40. The van der Waals surface area contributed by atoms with E-state index >= 15 is 0 Å². The van der Waals surface area contributed by atoms with Gasteiger partial charge in [0.1, 0.15) is 5.75 Å². The van der Waals surface area contributed by atoms with E-state index in [9.17, 15) is 4.79 Å². The fourth-order valence-electron chi connectivity index (χ4n) is 2.44. The molecule has 0 radical (unpaired) electrons. The number of fused-ring (bicyclic) bond motifs is 1. The Morgan fingerprint density at radius 1 is 1.28 bits per heavy atom. The first kappa shape index (κ1) is 11.9. The normalized spacial score (nSPS) is 19.0. The molecule has 3 nitrogen and oxygen atoms in total. The molecule has 4 heteroatoms. The van der Waals surface area contributed by atoms with Gasteiger partial charge in [-0.2, -0.15) is 11.8 Å². The fraction of sp³-hybridized carbons (Fsp3) is 0.500. The highest BCUT2D eigenvalue weighted by Gasteiger charge is 2.20. The van der Waals surface area contributed by atoms with Gasteiger partial charge in [0.25, 0.3) is 5.91 Å². The summed E-state index contributed by atoms with van der Waals surface area (Å²) in [6, 6.07) is 5.85. The summed E-state index contributed by atoms with van der Waals surface area (Å²) in [7, 11) is 0. The predicted octanol–water partition coefficient (Wildman–Crippen LogP) is 2.20. The molecule has 2 aliphatic heterocycles. The molecule has 2 heterocycles. The first-order valence-corrected chi connectivity index (χ1v) is 7.63. The van der Waals surface area contributed by atoms with E-state index in [1.807, 2.05) is 34.9 Å². The lowest BCUT2D eigenvalue weighted by Gasteiger charge is -2.27. The molecule has 96 valence electrons. The Morgan fingerprint density at radius 2 is 2.11 bits per heavy atom. The van der Waals surface area contributed by atoms with Crippen molar-refractivity contribution in [2.75, 3.05) is 31.2 Å². The lowest BCUT2D eigenvalue weighted by molar-refractivity contribution is 0.0772. The number of benzene rings is 1. The van der Waals surface area contributed by atoms with Crippen LogP contribution in [0.1, 0.15) is 22.3 Å². The summed E-state index contributed by atoms with van der Waals surface area (Å²) in [5, 5.41) is 0. The van der Waals surface area contributed by atoms with Crippen LogP contribution in [0.15, 0.2) is 18.2 Å². The first-order chi connectivity index (χ1) is 8.84. The molecule has 0 bridgehead atoms. The minimum atomic E-state index is 0.170. The van der Waals surface area contributed by atoms with Crippen LogP contribution >= 0.6 is 11.8 Å². The molecule has 3 rings (SSSR count). The summed E-state index contributed by atoms with van der Waals surface area (Å²) in [6.07, 6.45) is 2.07. The Hall–Kier alpha value is -1.16. The Balaban J connectivity index is 1.80. The topological polar surface area (TPSA) is 29.5 Å². The lowest BCUT2D eigenvalue weighted by atomic mass is 10.0. The molecule has 0 aliphatic carbocycles. The van der Waals surface area contributed by atoms with Gasteiger partial charge in [0.05, 0.1) is 6.61 Å². The van der Waals surface area contributed by atoms with Gasteiger partial charge in [0.2, 0.25) is 0 Å². The standard InChI is InChI=1S/C14H17NO2S/c16-14(15-5-8-18-9-6-15)12-3-4-13-11(10-12)2-1-7-17-13/h3-4,10H,1-2,5-9H2. The monoisotopic (exact) mass is 263 g/mol. The van der Waals surface area contributed by atoms with Gasteiger partial charge in [-0.05, 0) is 36.6 Å². The van der Waals surface area contributed by atoms with Gasteiger partial charge in [0, 0.05) is 30.2 Å². The third kappa shape index (κ3) is 2.34. The Bertz CT molecular complexity index is 455. The van der Waals surface area contributed by atoms with Gasteiger partial charge >= 0.3 is 0 Å². The Labute approximate surface area is 111 Å². The summed E-state index contributed by atoms with van der Waals surface area (Å²) in [6.45, 7) is 2.54. The fourth-order valence-corrected chi connectivity index (χ4v) is 3.35. The van der Waals surface area contributed by atoms with E-state index in [0.717, 1.165) is 55.4 Å². The molecule has 1 fully saturated rings. The molecular formula is C14H17NO2S. The smallest absolute Gasteiger partial charge is 0.253 e. The zero-order chi connectivity index (χ0) is 12.4. The Kier molecular flexibility index (Phi) is 3.46. The highest BCUT2D eigenvalue weighted by Crippen LogP contribution is 2.26. The molecule has 0 aromatic heterocycles. The van der Waals surface area contributed by atoms with Crippen molar-refractivity contribution in [3.8, 4) is 5.75 Å². The third-order valence-electron chi connectivity index (χ3n) is 3.45. The number of hydrogen-bond donors (Lipinski definition) is 0. The molecule has 0 saturated carbocycles. The van der Waals surface area contributed by atoms with E-state index in [4.69, 9.17) is 4.74 Å². The Morgan fingerprint density at radius 3 is 2.94 bits per heavy atom. The van der Waals surface area contributed by atoms with E-state index in [1.54, 1.807) is 0 Å². The molecule has 1 aromatic carbocycles. The molecule has 2 aliphatic rings. The molecular weight excluding hydrogens is 246 g/mol. The minimum absolute atomic E-state index is 0.170. The van der Waals surface area contributed by atoms with Crippen LogP contribution in [-0.2, 0) is 6.42 Å². The number of rotatable bonds is 1. The molecule has 0 unspecified atom stereocenters. The second-order valence-electron chi connectivity index (χ2n) is 4.68. The summed E-state index contributed by atoms with van der Waals surface area (Å²) in [5.74, 6) is 3.23. The van der Waals surface area contributed by atoms with Crippen molar-refractivity contribution in [2.24, 2.45) is 0 Å². The zero-order valence-corrected chi connectivity index (χ0v) is 11.2. The average Bonchev–Trinajstić information content (AvgIpc) is 2.47. The van der Waals surface area contributed by atoms with Gasteiger partial charge in [-0.3, -0.25) is 4.79 Å². The summed E-state index contributed by atoms with van der Waals surface area (Å²) < 4.78 is 5.58. The summed E-state index contributed by atoms with van der Waals surface area (Å²) in [4.78, 5) is 14.3.